The third kappa shape index (κ3) is 6.91. The maximum atomic E-state index is 13.3. The molecule has 3 N–H and O–H groups in total. The molecule has 1 aliphatic heterocycles. The standard InChI is InChI=1S/C28H29FN4O3/c29-24-9-4-10-25(16-24)32-28(36)31-17-20-6-5-15-33(19-20)26(34)18-30-27(35)23-13-11-22(12-14-23)21-7-2-1-3-8-21/h1-4,7-14,16,20H,5-6,15,17-19H2,(H,30,35)(H2,31,32,36)/t20-/m1/s1. The first-order valence-electron chi connectivity index (χ1n) is 12.0. The average Bonchev–Trinajstić information content (AvgIpc) is 2.91. The fourth-order valence-corrected chi connectivity index (χ4v) is 4.25. The summed E-state index contributed by atoms with van der Waals surface area (Å²) in [6.07, 6.45) is 1.70. The number of carbonyl (C=O) groups excluding carboxylic acids is 3. The van der Waals surface area contributed by atoms with E-state index in [1.165, 1.54) is 18.2 Å². The molecule has 0 unspecified atom stereocenters. The van der Waals surface area contributed by atoms with Gasteiger partial charge in [0.25, 0.3) is 5.91 Å². The second-order valence-electron chi connectivity index (χ2n) is 8.82. The van der Waals surface area contributed by atoms with E-state index in [0.29, 0.717) is 30.9 Å². The van der Waals surface area contributed by atoms with Crippen molar-refractivity contribution in [2.24, 2.45) is 5.92 Å². The number of piperidine rings is 1. The van der Waals surface area contributed by atoms with Crippen LogP contribution >= 0.6 is 0 Å². The topological polar surface area (TPSA) is 90.5 Å². The zero-order valence-electron chi connectivity index (χ0n) is 19.9. The van der Waals surface area contributed by atoms with Gasteiger partial charge >= 0.3 is 6.03 Å². The molecular weight excluding hydrogens is 459 g/mol. The van der Waals surface area contributed by atoms with Crippen molar-refractivity contribution in [1.29, 1.82) is 0 Å². The Morgan fingerprint density at radius 2 is 1.64 bits per heavy atom. The molecule has 0 aromatic heterocycles. The van der Waals surface area contributed by atoms with E-state index in [0.717, 1.165) is 24.0 Å². The maximum Gasteiger partial charge on any atom is 0.319 e. The van der Waals surface area contributed by atoms with Crippen LogP contribution in [0.3, 0.4) is 0 Å². The van der Waals surface area contributed by atoms with Gasteiger partial charge in [0, 0.05) is 30.9 Å². The van der Waals surface area contributed by atoms with Gasteiger partial charge in [0.2, 0.25) is 5.91 Å². The van der Waals surface area contributed by atoms with Crippen molar-refractivity contribution in [3.05, 3.63) is 90.2 Å². The van der Waals surface area contributed by atoms with E-state index in [2.05, 4.69) is 16.0 Å². The van der Waals surface area contributed by atoms with Crippen molar-refractivity contribution in [2.45, 2.75) is 12.8 Å². The van der Waals surface area contributed by atoms with Crippen molar-refractivity contribution < 1.29 is 18.8 Å². The maximum absolute atomic E-state index is 13.3. The molecule has 36 heavy (non-hydrogen) atoms. The Morgan fingerprint density at radius 1 is 0.889 bits per heavy atom. The Kier molecular flexibility index (Phi) is 8.28. The molecule has 3 aromatic rings. The number of nitrogens with one attached hydrogen (secondary N) is 3. The number of rotatable bonds is 7. The number of anilines is 1. The third-order valence-electron chi connectivity index (χ3n) is 6.16. The number of carbonyl (C=O) groups is 3. The van der Waals surface area contributed by atoms with Gasteiger partial charge in [-0.3, -0.25) is 9.59 Å². The van der Waals surface area contributed by atoms with Crippen molar-refractivity contribution in [3.8, 4) is 11.1 Å². The lowest BCUT2D eigenvalue weighted by atomic mass is 9.98. The van der Waals surface area contributed by atoms with Crippen LogP contribution in [0.5, 0.6) is 0 Å². The summed E-state index contributed by atoms with van der Waals surface area (Å²) >= 11 is 0. The number of hydrogen-bond acceptors (Lipinski definition) is 3. The van der Waals surface area contributed by atoms with Crippen LogP contribution in [-0.4, -0.2) is 48.9 Å². The van der Waals surface area contributed by atoms with Gasteiger partial charge in [0.05, 0.1) is 6.54 Å². The molecule has 0 bridgehead atoms. The summed E-state index contributed by atoms with van der Waals surface area (Å²) in [5, 5.41) is 8.10. The smallest absolute Gasteiger partial charge is 0.319 e. The van der Waals surface area contributed by atoms with Gasteiger partial charge in [0.1, 0.15) is 5.82 Å². The first-order valence-corrected chi connectivity index (χ1v) is 12.0. The summed E-state index contributed by atoms with van der Waals surface area (Å²) in [6, 6.07) is 22.4. The second kappa shape index (κ2) is 12.0. The van der Waals surface area contributed by atoms with E-state index in [1.807, 2.05) is 42.5 Å². The monoisotopic (exact) mass is 488 g/mol. The van der Waals surface area contributed by atoms with E-state index in [4.69, 9.17) is 0 Å². The highest BCUT2D eigenvalue weighted by molar-refractivity contribution is 5.96. The van der Waals surface area contributed by atoms with Crippen LogP contribution in [0.1, 0.15) is 23.2 Å². The van der Waals surface area contributed by atoms with Crippen LogP contribution < -0.4 is 16.0 Å². The van der Waals surface area contributed by atoms with Gasteiger partial charge in [0.15, 0.2) is 0 Å². The fraction of sp³-hybridized carbons (Fsp3) is 0.250. The number of halogens is 1. The van der Waals surface area contributed by atoms with Crippen LogP contribution in [0.25, 0.3) is 11.1 Å². The Morgan fingerprint density at radius 3 is 2.39 bits per heavy atom. The Labute approximate surface area is 209 Å². The predicted octanol–water partition coefficient (Wildman–Crippen LogP) is 4.28. The molecule has 0 radical (unpaired) electrons. The quantitative estimate of drug-likeness (QED) is 0.464. The number of amides is 4. The molecule has 4 rings (SSSR count). The number of benzene rings is 3. The molecular formula is C28H29FN4O3. The van der Waals surface area contributed by atoms with E-state index in [-0.39, 0.29) is 24.3 Å². The van der Waals surface area contributed by atoms with E-state index < -0.39 is 11.8 Å². The van der Waals surface area contributed by atoms with Crippen LogP contribution in [0.2, 0.25) is 0 Å². The molecule has 1 saturated heterocycles. The summed E-state index contributed by atoms with van der Waals surface area (Å²) in [5.41, 5.74) is 2.95. The van der Waals surface area contributed by atoms with Crippen LogP contribution in [0.4, 0.5) is 14.9 Å². The number of likely N-dealkylation sites (tertiary alicyclic amines) is 1. The van der Waals surface area contributed by atoms with E-state index in [9.17, 15) is 18.8 Å². The SMILES string of the molecule is O=C(NC[C@H]1CCCN(C(=O)CNC(=O)c2ccc(-c3ccccc3)cc2)C1)Nc1cccc(F)c1. The van der Waals surface area contributed by atoms with Gasteiger partial charge in [-0.1, -0.05) is 48.5 Å². The lowest BCUT2D eigenvalue weighted by molar-refractivity contribution is -0.131. The predicted molar refractivity (Wildman–Crippen MR) is 137 cm³/mol. The first-order chi connectivity index (χ1) is 17.5. The summed E-state index contributed by atoms with van der Waals surface area (Å²) in [6.45, 7) is 1.43. The molecule has 7 nitrogen and oxygen atoms in total. The van der Waals surface area contributed by atoms with Gasteiger partial charge in [-0.2, -0.15) is 0 Å². The summed E-state index contributed by atoms with van der Waals surface area (Å²) in [5.74, 6) is -0.780. The molecule has 0 spiro atoms. The van der Waals surface area contributed by atoms with Gasteiger partial charge in [-0.05, 0) is 60.2 Å². The molecule has 1 heterocycles. The van der Waals surface area contributed by atoms with Crippen molar-refractivity contribution in [3.63, 3.8) is 0 Å². The first kappa shape index (κ1) is 24.9. The Hall–Kier alpha value is -4.20. The zero-order valence-corrected chi connectivity index (χ0v) is 19.9. The van der Waals surface area contributed by atoms with Crippen LogP contribution in [0, 0.1) is 11.7 Å². The number of urea groups is 1. The largest absolute Gasteiger partial charge is 0.343 e. The highest BCUT2D eigenvalue weighted by atomic mass is 19.1. The summed E-state index contributed by atoms with van der Waals surface area (Å²) in [4.78, 5) is 39.1. The lowest BCUT2D eigenvalue weighted by Gasteiger charge is -2.33. The van der Waals surface area contributed by atoms with E-state index in [1.54, 1.807) is 23.1 Å². The van der Waals surface area contributed by atoms with Crippen molar-refractivity contribution in [2.75, 3.05) is 31.5 Å². The second-order valence-corrected chi connectivity index (χ2v) is 8.82. The minimum Gasteiger partial charge on any atom is -0.343 e. The molecule has 8 heteroatoms. The van der Waals surface area contributed by atoms with Crippen molar-refractivity contribution >= 4 is 23.5 Å². The normalized spacial score (nSPS) is 15.1. The summed E-state index contributed by atoms with van der Waals surface area (Å²) in [7, 11) is 0. The highest BCUT2D eigenvalue weighted by Gasteiger charge is 2.24. The fourth-order valence-electron chi connectivity index (χ4n) is 4.25. The molecule has 4 amide bonds. The molecule has 0 saturated carbocycles. The van der Waals surface area contributed by atoms with E-state index >= 15 is 0 Å². The summed E-state index contributed by atoms with van der Waals surface area (Å²) < 4.78 is 13.3. The molecule has 0 aliphatic carbocycles. The highest BCUT2D eigenvalue weighted by Crippen LogP contribution is 2.19. The van der Waals surface area contributed by atoms with Gasteiger partial charge in [-0.25, -0.2) is 9.18 Å². The molecule has 1 fully saturated rings. The average molecular weight is 489 g/mol. The zero-order chi connectivity index (χ0) is 25.3. The molecule has 1 atom stereocenters. The number of hydrogen-bond donors (Lipinski definition) is 3. The Balaban J connectivity index is 1.21. The van der Waals surface area contributed by atoms with Crippen LogP contribution in [-0.2, 0) is 4.79 Å². The minimum atomic E-state index is -0.425. The lowest BCUT2D eigenvalue weighted by Crippen LogP contribution is -2.47. The molecule has 1 aliphatic rings. The van der Waals surface area contributed by atoms with Crippen LogP contribution in [0.15, 0.2) is 78.9 Å². The Bertz CT molecular complexity index is 1200. The minimum absolute atomic E-state index is 0.0839. The van der Waals surface area contributed by atoms with Gasteiger partial charge < -0.3 is 20.9 Å². The molecule has 3 aromatic carbocycles. The van der Waals surface area contributed by atoms with Gasteiger partial charge in [-0.15, -0.1) is 0 Å². The number of nitrogens with zero attached hydrogens (tertiary/aromatic N) is 1. The molecule has 186 valence electrons. The van der Waals surface area contributed by atoms with Crippen molar-refractivity contribution in [1.82, 2.24) is 15.5 Å². The third-order valence-corrected chi connectivity index (χ3v) is 6.16.